The summed E-state index contributed by atoms with van der Waals surface area (Å²) >= 11 is 3.36. The summed E-state index contributed by atoms with van der Waals surface area (Å²) in [5.74, 6) is 0. The molecule has 12 heavy (non-hydrogen) atoms. The second kappa shape index (κ2) is 3.37. The van der Waals surface area contributed by atoms with E-state index < -0.39 is 0 Å². The summed E-state index contributed by atoms with van der Waals surface area (Å²) in [5.41, 5.74) is 1.18. The Hall–Kier alpha value is -0.670. The molecular weight excluding hydrogens is 188 g/mol. The summed E-state index contributed by atoms with van der Waals surface area (Å²) in [6.45, 7) is 0. The Morgan fingerprint density at radius 1 is 1.50 bits per heavy atom. The van der Waals surface area contributed by atoms with Gasteiger partial charge in [0.25, 0.3) is 0 Å². The van der Waals surface area contributed by atoms with E-state index in [0.29, 0.717) is 0 Å². The van der Waals surface area contributed by atoms with Crippen LogP contribution in [0, 0.1) is 0 Å². The monoisotopic (exact) mass is 196 g/mol. The summed E-state index contributed by atoms with van der Waals surface area (Å²) in [4.78, 5) is 1.26. The Labute approximate surface area is 79.4 Å². The fraction of sp³-hybridized carbons (Fsp3) is 0.111. The van der Waals surface area contributed by atoms with E-state index in [-0.39, 0.29) is 0 Å². The van der Waals surface area contributed by atoms with E-state index >= 15 is 0 Å². The second-order valence-electron chi connectivity index (χ2n) is 2.34. The van der Waals surface area contributed by atoms with Crippen molar-refractivity contribution in [3.05, 3.63) is 29.8 Å². The van der Waals surface area contributed by atoms with Gasteiger partial charge >= 0.3 is 0 Å². The molecule has 62 valence electrons. The molecule has 0 bridgehead atoms. The van der Waals surface area contributed by atoms with Gasteiger partial charge in [0.1, 0.15) is 6.26 Å². The van der Waals surface area contributed by atoms with E-state index in [0.717, 1.165) is 5.09 Å². The van der Waals surface area contributed by atoms with Crippen LogP contribution in [0.5, 0.6) is 0 Å². The fourth-order valence-electron chi connectivity index (χ4n) is 0.996. The minimum absolute atomic E-state index is 0.971. The quantitative estimate of drug-likeness (QED) is 0.679. The molecule has 2 heterocycles. The fourth-order valence-corrected chi connectivity index (χ4v) is 2.09. The van der Waals surface area contributed by atoms with Crippen LogP contribution in [0.1, 0.15) is 0 Å². The molecule has 0 unspecified atom stereocenters. The molecule has 3 heteroatoms. The number of rotatable bonds is 2. The van der Waals surface area contributed by atoms with Crippen LogP contribution in [0.25, 0.3) is 10.4 Å². The molecule has 0 radical (unpaired) electrons. The van der Waals surface area contributed by atoms with Gasteiger partial charge in [0, 0.05) is 10.4 Å². The summed E-state index contributed by atoms with van der Waals surface area (Å²) in [6, 6.07) is 6.21. The van der Waals surface area contributed by atoms with Crippen molar-refractivity contribution in [3.63, 3.8) is 0 Å². The number of thioether (sulfide) groups is 1. The standard InChI is InChI=1S/C9H8OS2/c1-11-9-5-7(6-10-9)8-3-2-4-12-8/h2-6H,1H3. The molecule has 0 aliphatic rings. The molecule has 0 spiro atoms. The maximum atomic E-state index is 5.31. The maximum absolute atomic E-state index is 5.31. The average Bonchev–Trinajstić information content (AvgIpc) is 2.75. The number of hydrogen-bond acceptors (Lipinski definition) is 3. The van der Waals surface area contributed by atoms with Crippen molar-refractivity contribution in [2.45, 2.75) is 5.09 Å². The largest absolute Gasteiger partial charge is 0.457 e. The molecule has 0 aliphatic heterocycles. The third kappa shape index (κ3) is 1.42. The van der Waals surface area contributed by atoms with E-state index in [9.17, 15) is 0 Å². The minimum Gasteiger partial charge on any atom is -0.457 e. The van der Waals surface area contributed by atoms with Gasteiger partial charge in [-0.2, -0.15) is 0 Å². The molecule has 2 rings (SSSR count). The summed E-state index contributed by atoms with van der Waals surface area (Å²) in [7, 11) is 0. The lowest BCUT2D eigenvalue weighted by atomic mass is 10.3. The van der Waals surface area contributed by atoms with Crippen LogP contribution in [-0.2, 0) is 0 Å². The second-order valence-corrected chi connectivity index (χ2v) is 4.09. The van der Waals surface area contributed by atoms with Crippen LogP contribution >= 0.6 is 23.1 Å². The summed E-state index contributed by atoms with van der Waals surface area (Å²) in [5, 5.41) is 3.04. The molecule has 2 aromatic rings. The van der Waals surface area contributed by atoms with E-state index in [4.69, 9.17) is 4.42 Å². The predicted molar refractivity (Wildman–Crippen MR) is 53.8 cm³/mol. The minimum atomic E-state index is 0.971. The zero-order valence-corrected chi connectivity index (χ0v) is 8.24. The first-order valence-electron chi connectivity index (χ1n) is 3.56. The highest BCUT2D eigenvalue weighted by Gasteiger charge is 2.02. The normalized spacial score (nSPS) is 10.4. The van der Waals surface area contributed by atoms with Gasteiger partial charge < -0.3 is 4.42 Å². The Morgan fingerprint density at radius 2 is 2.42 bits per heavy atom. The Bertz CT molecular complexity index is 348. The molecule has 0 saturated heterocycles. The van der Waals surface area contributed by atoms with Gasteiger partial charge in [-0.05, 0) is 23.8 Å². The Kier molecular flexibility index (Phi) is 2.23. The van der Waals surface area contributed by atoms with Gasteiger partial charge in [0.05, 0.1) is 0 Å². The molecule has 0 fully saturated rings. The van der Waals surface area contributed by atoms with Gasteiger partial charge in [0.15, 0.2) is 5.09 Å². The zero-order valence-electron chi connectivity index (χ0n) is 6.61. The number of hydrogen-bond donors (Lipinski definition) is 0. The molecule has 0 atom stereocenters. The van der Waals surface area contributed by atoms with E-state index in [1.54, 1.807) is 29.4 Å². The topological polar surface area (TPSA) is 13.1 Å². The lowest BCUT2D eigenvalue weighted by molar-refractivity contribution is 0.475. The SMILES string of the molecule is CSc1cc(-c2cccs2)co1. The van der Waals surface area contributed by atoms with Crippen LogP contribution in [-0.4, -0.2) is 6.26 Å². The highest BCUT2D eigenvalue weighted by atomic mass is 32.2. The number of thiophene rings is 1. The van der Waals surface area contributed by atoms with Gasteiger partial charge in [0.2, 0.25) is 0 Å². The molecule has 0 amide bonds. The van der Waals surface area contributed by atoms with Gasteiger partial charge in [-0.25, -0.2) is 0 Å². The van der Waals surface area contributed by atoms with E-state index in [1.165, 1.54) is 10.4 Å². The Morgan fingerprint density at radius 3 is 3.00 bits per heavy atom. The van der Waals surface area contributed by atoms with Crippen LogP contribution in [0.2, 0.25) is 0 Å². The smallest absolute Gasteiger partial charge is 0.160 e. The third-order valence-corrected chi connectivity index (χ3v) is 3.12. The molecular formula is C9H8OS2. The van der Waals surface area contributed by atoms with Crippen molar-refractivity contribution in [2.24, 2.45) is 0 Å². The first-order valence-corrected chi connectivity index (χ1v) is 5.67. The van der Waals surface area contributed by atoms with Gasteiger partial charge in [-0.15, -0.1) is 11.3 Å². The van der Waals surface area contributed by atoms with Gasteiger partial charge in [-0.1, -0.05) is 17.8 Å². The first-order chi connectivity index (χ1) is 5.90. The van der Waals surface area contributed by atoms with Crippen LogP contribution in [0.4, 0.5) is 0 Å². The van der Waals surface area contributed by atoms with E-state index in [1.807, 2.05) is 12.3 Å². The van der Waals surface area contributed by atoms with E-state index in [2.05, 4.69) is 17.5 Å². The van der Waals surface area contributed by atoms with Crippen molar-refractivity contribution < 1.29 is 4.42 Å². The third-order valence-electron chi connectivity index (χ3n) is 1.58. The molecule has 0 saturated carbocycles. The highest BCUT2D eigenvalue weighted by Crippen LogP contribution is 2.29. The van der Waals surface area contributed by atoms with Crippen molar-refractivity contribution in [3.8, 4) is 10.4 Å². The van der Waals surface area contributed by atoms with Gasteiger partial charge in [-0.3, -0.25) is 0 Å². The van der Waals surface area contributed by atoms with Crippen LogP contribution in [0.15, 0.2) is 39.4 Å². The summed E-state index contributed by atoms with van der Waals surface area (Å²) < 4.78 is 5.31. The lowest BCUT2D eigenvalue weighted by Gasteiger charge is -1.84. The molecule has 0 aliphatic carbocycles. The molecule has 2 aromatic heterocycles. The number of furan rings is 1. The molecule has 0 aromatic carbocycles. The van der Waals surface area contributed by atoms with Crippen molar-refractivity contribution in [1.29, 1.82) is 0 Å². The molecule has 1 nitrogen and oxygen atoms in total. The maximum Gasteiger partial charge on any atom is 0.160 e. The molecule has 0 N–H and O–H groups in total. The van der Waals surface area contributed by atoms with Crippen molar-refractivity contribution in [2.75, 3.05) is 6.26 Å². The first kappa shape index (κ1) is 7.95. The summed E-state index contributed by atoms with van der Waals surface area (Å²) in [6.07, 6.45) is 3.81. The van der Waals surface area contributed by atoms with Crippen LogP contribution in [0.3, 0.4) is 0 Å². The highest BCUT2D eigenvalue weighted by molar-refractivity contribution is 7.98. The lowest BCUT2D eigenvalue weighted by Crippen LogP contribution is -1.60. The van der Waals surface area contributed by atoms with Crippen molar-refractivity contribution in [1.82, 2.24) is 0 Å². The van der Waals surface area contributed by atoms with Crippen LogP contribution < -0.4 is 0 Å². The van der Waals surface area contributed by atoms with Crippen molar-refractivity contribution >= 4 is 23.1 Å². The average molecular weight is 196 g/mol. The predicted octanol–water partition coefficient (Wildman–Crippen LogP) is 3.73. The zero-order chi connectivity index (χ0) is 8.39. The Balaban J connectivity index is 2.35.